The maximum Gasteiger partial charge on any atom is 0.408 e. The second-order valence-electron chi connectivity index (χ2n) is 19.6. The molecule has 1 aromatic carbocycles. The molecule has 3 heterocycles. The summed E-state index contributed by atoms with van der Waals surface area (Å²) in [6, 6.07) is 5.72. The third-order valence-electron chi connectivity index (χ3n) is 14.1. The second kappa shape index (κ2) is 15.8. The molecule has 12 atom stereocenters. The van der Waals surface area contributed by atoms with Crippen LogP contribution in [-0.2, 0) is 42.7 Å². The fourth-order valence-electron chi connectivity index (χ4n) is 10.8. The minimum atomic E-state index is -3.45. The van der Waals surface area contributed by atoms with Gasteiger partial charge in [0.15, 0.2) is 17.5 Å². The first-order valence-electron chi connectivity index (χ1n) is 21.1. The van der Waals surface area contributed by atoms with Gasteiger partial charge in [-0.05, 0) is 90.2 Å². The highest BCUT2D eigenvalue weighted by Gasteiger charge is 2.77. The van der Waals surface area contributed by atoms with E-state index in [9.17, 15) is 38.2 Å². The molecule has 3 saturated heterocycles. The number of nitrogens with one attached hydrogen (secondary N) is 1. The monoisotopic (exact) mass is 862 g/mol. The lowest BCUT2D eigenvalue weighted by Gasteiger charge is -2.68. The van der Waals surface area contributed by atoms with Crippen LogP contribution >= 0.6 is 0 Å². The van der Waals surface area contributed by atoms with Crippen LogP contribution in [0.15, 0.2) is 41.5 Å². The first-order valence-corrected chi connectivity index (χ1v) is 21.1. The minimum Gasteiger partial charge on any atom is -0.456 e. The number of hydrogen-bond donors (Lipinski definition) is 3. The number of aliphatic hydroxyl groups is 2. The topological polar surface area (TPSA) is 189 Å². The molecule has 2 saturated carbocycles. The van der Waals surface area contributed by atoms with Gasteiger partial charge in [0.05, 0.1) is 24.2 Å². The van der Waals surface area contributed by atoms with Crippen molar-refractivity contribution in [1.29, 1.82) is 0 Å². The molecule has 0 aromatic heterocycles. The number of alkyl carbamates (subject to hydrolysis) is 1. The number of likely N-dealkylation sites (tertiary alicyclic amines) is 1. The molecule has 1 aromatic rings. The predicted octanol–water partition coefficient (Wildman–Crippen LogP) is 4.46. The van der Waals surface area contributed by atoms with Crippen LogP contribution in [0.25, 0.3) is 0 Å². The lowest BCUT2D eigenvalue weighted by molar-refractivity contribution is -0.345. The number of esters is 3. The van der Waals surface area contributed by atoms with Crippen molar-refractivity contribution in [2.24, 2.45) is 16.7 Å². The zero-order valence-corrected chi connectivity index (χ0v) is 36.3. The summed E-state index contributed by atoms with van der Waals surface area (Å²) in [5, 5.41) is 27.2. The third kappa shape index (κ3) is 7.74. The SMILES string of the molecule is CC(=O)O[C@@]12CO[C@@H]1CC[C@@]1(C)[C@@H]3O[C@H](CN4CCC4)O[C@@H]3C3=C(C)[C@@H](OC(=O)[C@](C)(O)[C@@H](NC(=O)OC(C)(C)C)C(F)F)C[C@@](O)([C@@H](OC(=O)c4ccccc4)[C@@H]12)C3(C)C. The smallest absolute Gasteiger partial charge is 0.408 e. The van der Waals surface area contributed by atoms with E-state index in [1.165, 1.54) is 27.7 Å². The largest absolute Gasteiger partial charge is 0.456 e. The number of rotatable bonds is 10. The van der Waals surface area contributed by atoms with E-state index in [1.807, 2.05) is 12.2 Å². The normalized spacial score (nSPS) is 36.9. The summed E-state index contributed by atoms with van der Waals surface area (Å²) < 4.78 is 73.2. The highest BCUT2D eigenvalue weighted by molar-refractivity contribution is 5.89. The molecule has 0 unspecified atom stereocenters. The third-order valence-corrected chi connectivity index (χ3v) is 14.1. The fourth-order valence-corrected chi connectivity index (χ4v) is 10.8. The molecule has 338 valence electrons. The first kappa shape index (κ1) is 45.3. The number of benzene rings is 1. The van der Waals surface area contributed by atoms with Crippen LogP contribution in [0, 0.1) is 16.7 Å². The summed E-state index contributed by atoms with van der Waals surface area (Å²) in [6.07, 6.45) is -9.37. The van der Waals surface area contributed by atoms with Gasteiger partial charge >= 0.3 is 24.0 Å². The lowest BCUT2D eigenvalue weighted by atomic mass is 9.45. The Labute approximate surface area is 354 Å². The Bertz CT molecular complexity index is 1920. The zero-order valence-electron chi connectivity index (χ0n) is 36.3. The van der Waals surface area contributed by atoms with Crippen molar-refractivity contribution in [1.82, 2.24) is 10.2 Å². The Morgan fingerprint density at radius 2 is 1.70 bits per heavy atom. The molecule has 0 radical (unpaired) electrons. The fraction of sp³-hybridized carbons (Fsp3) is 0.727. The van der Waals surface area contributed by atoms with E-state index in [0.29, 0.717) is 30.5 Å². The van der Waals surface area contributed by atoms with Gasteiger partial charge in [-0.25, -0.2) is 23.2 Å². The molecule has 7 rings (SSSR count). The second-order valence-corrected chi connectivity index (χ2v) is 19.6. The van der Waals surface area contributed by atoms with Gasteiger partial charge in [0.1, 0.15) is 41.7 Å². The van der Waals surface area contributed by atoms with Gasteiger partial charge in [0.2, 0.25) is 0 Å². The molecule has 1 amide bonds. The summed E-state index contributed by atoms with van der Waals surface area (Å²) >= 11 is 0. The number of carbonyl (C=O) groups excluding carboxylic acids is 4. The average molecular weight is 863 g/mol. The Morgan fingerprint density at radius 3 is 2.26 bits per heavy atom. The van der Waals surface area contributed by atoms with E-state index in [4.69, 9.17) is 33.2 Å². The van der Waals surface area contributed by atoms with Crippen molar-refractivity contribution in [3.8, 4) is 0 Å². The quantitative estimate of drug-likeness (QED) is 0.170. The number of ether oxygens (including phenoxy) is 7. The van der Waals surface area contributed by atoms with Crippen LogP contribution in [0.2, 0.25) is 0 Å². The van der Waals surface area contributed by atoms with Crippen molar-refractivity contribution in [2.45, 2.75) is 160 Å². The minimum absolute atomic E-state index is 0.0779. The van der Waals surface area contributed by atoms with Crippen LogP contribution < -0.4 is 5.32 Å². The van der Waals surface area contributed by atoms with E-state index in [1.54, 1.807) is 51.1 Å². The molecule has 5 fully saturated rings. The molecule has 3 N–H and O–H groups in total. The molecule has 15 nitrogen and oxygen atoms in total. The number of hydrogen-bond acceptors (Lipinski definition) is 14. The van der Waals surface area contributed by atoms with Crippen molar-refractivity contribution >= 4 is 24.0 Å². The summed E-state index contributed by atoms with van der Waals surface area (Å²) in [5.74, 6) is -3.94. The number of alkyl halides is 2. The molecular weight excluding hydrogens is 802 g/mol. The molecule has 0 spiro atoms. The molecule has 3 aliphatic carbocycles. The lowest BCUT2D eigenvalue weighted by Crippen LogP contribution is -2.79. The van der Waals surface area contributed by atoms with Crippen LogP contribution in [-0.4, -0.2) is 137 Å². The van der Waals surface area contributed by atoms with Crippen LogP contribution in [0.4, 0.5) is 13.6 Å². The summed E-state index contributed by atoms with van der Waals surface area (Å²) in [6.45, 7) is 15.9. The standard InChI is InChI=1S/C44H60F2N2O13/c1-23-26(56-37(51)42(9,53)32(35(45)46)47-38(52)61-39(3,4)5)20-44(54)34(59-36(50)25-14-11-10-12-15-25)31-41(8,17-16-27-43(31,22-55-27)60-24(2)49)33-30(29(23)40(44,6)7)57-28(58-33)21-48-18-13-19-48/h10-12,14-15,26-28,30-35,53-54H,13,16-22H2,1-9H3,(H,47,52)/t26-,27+,28+,30+,31-,32-,33+,34-,41+,42+,43-,44+/m0/s1. The van der Waals surface area contributed by atoms with E-state index >= 15 is 0 Å². The van der Waals surface area contributed by atoms with Gasteiger partial charge < -0.3 is 48.7 Å². The Hall–Kier alpha value is -3.74. The van der Waals surface area contributed by atoms with Crippen molar-refractivity contribution in [3.05, 3.63) is 47.0 Å². The Kier molecular flexibility index (Phi) is 11.7. The number of carbonyl (C=O) groups is 4. The maximum absolute atomic E-state index is 14.6. The number of fused-ring (bicyclic) bond motifs is 8. The first-order chi connectivity index (χ1) is 28.4. The van der Waals surface area contributed by atoms with E-state index < -0.39 is 119 Å². The zero-order chi connectivity index (χ0) is 44.7. The summed E-state index contributed by atoms with van der Waals surface area (Å²) in [4.78, 5) is 56.5. The van der Waals surface area contributed by atoms with Gasteiger partial charge in [-0.3, -0.25) is 9.69 Å². The van der Waals surface area contributed by atoms with Crippen LogP contribution in [0.3, 0.4) is 0 Å². The van der Waals surface area contributed by atoms with Gasteiger partial charge in [-0.1, -0.05) is 39.0 Å². The molecule has 17 heteroatoms. The van der Waals surface area contributed by atoms with E-state index in [2.05, 4.69) is 4.90 Å². The Morgan fingerprint density at radius 1 is 1.03 bits per heavy atom. The van der Waals surface area contributed by atoms with Crippen molar-refractivity contribution < 1.29 is 71.3 Å². The molecule has 6 aliphatic rings. The van der Waals surface area contributed by atoms with Gasteiger partial charge in [-0.15, -0.1) is 0 Å². The predicted molar refractivity (Wildman–Crippen MR) is 211 cm³/mol. The molecule has 2 bridgehead atoms. The highest BCUT2D eigenvalue weighted by atomic mass is 19.3. The van der Waals surface area contributed by atoms with E-state index in [0.717, 1.165) is 26.4 Å². The number of halogens is 2. The molecular formula is C44H60F2N2O13. The summed E-state index contributed by atoms with van der Waals surface area (Å²) in [5.41, 5.74) is -9.05. The average Bonchev–Trinajstić information content (AvgIpc) is 3.55. The number of nitrogens with zero attached hydrogens (tertiary/aromatic N) is 1. The van der Waals surface area contributed by atoms with Gasteiger partial charge in [0, 0.05) is 30.7 Å². The van der Waals surface area contributed by atoms with Crippen LogP contribution in [0.5, 0.6) is 0 Å². The van der Waals surface area contributed by atoms with Crippen molar-refractivity contribution in [3.63, 3.8) is 0 Å². The van der Waals surface area contributed by atoms with Gasteiger partial charge in [-0.2, -0.15) is 0 Å². The summed E-state index contributed by atoms with van der Waals surface area (Å²) in [7, 11) is 0. The Balaban J connectivity index is 1.38. The van der Waals surface area contributed by atoms with E-state index in [-0.39, 0.29) is 12.2 Å². The maximum atomic E-state index is 14.6. The van der Waals surface area contributed by atoms with Gasteiger partial charge in [0.25, 0.3) is 6.43 Å². The number of amides is 1. The molecule has 61 heavy (non-hydrogen) atoms. The molecule has 3 aliphatic heterocycles. The van der Waals surface area contributed by atoms with Crippen LogP contribution in [0.1, 0.15) is 98.4 Å². The highest BCUT2D eigenvalue weighted by Crippen LogP contribution is 2.66. The van der Waals surface area contributed by atoms with Crippen molar-refractivity contribution in [2.75, 3.05) is 26.2 Å².